The van der Waals surface area contributed by atoms with Gasteiger partial charge < -0.3 is 14.4 Å². The summed E-state index contributed by atoms with van der Waals surface area (Å²) in [6.07, 6.45) is -2.07. The van der Waals surface area contributed by atoms with Gasteiger partial charge >= 0.3 is 12.5 Å². The molecule has 2 aromatic rings. The van der Waals surface area contributed by atoms with Crippen LogP contribution >= 0.6 is 0 Å². The van der Waals surface area contributed by atoms with Gasteiger partial charge in [0.1, 0.15) is 18.1 Å². The third-order valence-electron chi connectivity index (χ3n) is 6.14. The molecule has 170 valence electrons. The number of hydrogen-bond acceptors (Lipinski definition) is 4. The number of amides is 1. The largest absolute Gasteiger partial charge is 0.573 e. The third-order valence-corrected chi connectivity index (χ3v) is 6.14. The summed E-state index contributed by atoms with van der Waals surface area (Å²) < 4.78 is 46.2. The second-order valence-corrected chi connectivity index (χ2v) is 8.34. The van der Waals surface area contributed by atoms with Crippen molar-refractivity contribution >= 4 is 11.9 Å². The second kappa shape index (κ2) is 9.22. The number of ether oxygens (including phenoxy) is 2. The number of hydrogen-bond donors (Lipinski definition) is 0. The number of carbonyl (C=O) groups is 2. The van der Waals surface area contributed by atoms with Crippen molar-refractivity contribution < 1.29 is 32.2 Å². The molecular weight excluding hydrogens is 423 g/mol. The molecule has 4 rings (SSSR count). The van der Waals surface area contributed by atoms with Crippen LogP contribution in [0.5, 0.6) is 5.75 Å². The molecule has 2 bridgehead atoms. The number of benzene rings is 2. The average molecular weight is 447 g/mol. The lowest BCUT2D eigenvalue weighted by atomic mass is 9.85. The van der Waals surface area contributed by atoms with Crippen molar-refractivity contribution in [3.05, 3.63) is 65.7 Å². The molecule has 0 radical (unpaired) electrons. The predicted molar refractivity (Wildman–Crippen MR) is 110 cm³/mol. The summed E-state index contributed by atoms with van der Waals surface area (Å²) in [7, 11) is 0. The van der Waals surface area contributed by atoms with Gasteiger partial charge in [0.05, 0.1) is 0 Å². The van der Waals surface area contributed by atoms with Crippen LogP contribution < -0.4 is 4.74 Å². The van der Waals surface area contributed by atoms with Gasteiger partial charge in [-0.05, 0) is 48.9 Å². The van der Waals surface area contributed by atoms with E-state index in [1.165, 1.54) is 24.3 Å². The highest BCUT2D eigenvalue weighted by Gasteiger charge is 2.45. The van der Waals surface area contributed by atoms with Gasteiger partial charge in [0.2, 0.25) is 0 Å². The number of rotatable bonds is 6. The van der Waals surface area contributed by atoms with E-state index in [2.05, 4.69) is 4.74 Å². The summed E-state index contributed by atoms with van der Waals surface area (Å²) in [4.78, 5) is 27.3. The highest BCUT2D eigenvalue weighted by Crippen LogP contribution is 2.40. The lowest BCUT2D eigenvalue weighted by Gasteiger charge is -2.37. The first-order valence-corrected chi connectivity index (χ1v) is 10.6. The number of Topliss-reactive ketones (excluding diaryl/α,β-unsaturated/α-hetero) is 1. The Bertz CT molecular complexity index is 932. The molecule has 1 amide bonds. The molecule has 2 saturated heterocycles. The summed E-state index contributed by atoms with van der Waals surface area (Å²) >= 11 is 0. The SMILES string of the molecule is O=C(Cc1ccc(OC(F)(F)F)cc1)C1CC2CCC(C1)N2C(=O)OCc1ccccc1. The van der Waals surface area contributed by atoms with E-state index in [9.17, 15) is 22.8 Å². The Balaban J connectivity index is 1.31. The van der Waals surface area contributed by atoms with Crippen molar-refractivity contribution in [2.75, 3.05) is 0 Å². The van der Waals surface area contributed by atoms with E-state index in [0.29, 0.717) is 18.4 Å². The zero-order chi connectivity index (χ0) is 22.7. The van der Waals surface area contributed by atoms with Crippen LogP contribution in [0.4, 0.5) is 18.0 Å². The van der Waals surface area contributed by atoms with Gasteiger partial charge in [0, 0.05) is 24.4 Å². The van der Waals surface area contributed by atoms with E-state index in [0.717, 1.165) is 18.4 Å². The Morgan fingerprint density at radius 3 is 2.12 bits per heavy atom. The van der Waals surface area contributed by atoms with E-state index in [-0.39, 0.29) is 48.7 Å². The van der Waals surface area contributed by atoms with Crippen LogP contribution in [0, 0.1) is 5.92 Å². The molecule has 5 nitrogen and oxygen atoms in total. The standard InChI is InChI=1S/C24H24F3NO4/c25-24(26,27)32-21-10-6-16(7-11-21)12-22(29)18-13-19-8-9-20(14-18)28(19)23(30)31-15-17-4-2-1-3-5-17/h1-7,10-11,18-20H,8-9,12-15H2. The minimum absolute atomic E-state index is 0.0199. The van der Waals surface area contributed by atoms with Gasteiger partial charge in [-0.1, -0.05) is 42.5 Å². The lowest BCUT2D eigenvalue weighted by Crippen LogP contribution is -2.48. The molecule has 0 saturated carbocycles. The van der Waals surface area contributed by atoms with Crippen LogP contribution in [-0.4, -0.2) is 35.2 Å². The zero-order valence-electron chi connectivity index (χ0n) is 17.4. The molecule has 8 heteroatoms. The molecule has 2 aliphatic heterocycles. The Morgan fingerprint density at radius 2 is 1.53 bits per heavy atom. The quantitative estimate of drug-likeness (QED) is 0.605. The van der Waals surface area contributed by atoms with Gasteiger partial charge in [0.15, 0.2) is 0 Å². The van der Waals surface area contributed by atoms with Crippen molar-refractivity contribution in [3.8, 4) is 5.75 Å². The molecule has 2 unspecified atom stereocenters. The normalized spacial score (nSPS) is 22.5. The molecule has 0 spiro atoms. The molecule has 2 aromatic carbocycles. The fourth-order valence-electron chi connectivity index (χ4n) is 4.69. The molecule has 2 atom stereocenters. The van der Waals surface area contributed by atoms with Crippen LogP contribution in [0.1, 0.15) is 36.8 Å². The molecular formula is C24H24F3NO4. The van der Waals surface area contributed by atoms with Gasteiger partial charge in [-0.15, -0.1) is 13.2 Å². The smallest absolute Gasteiger partial charge is 0.445 e. The number of ketones is 1. The highest BCUT2D eigenvalue weighted by molar-refractivity contribution is 5.84. The van der Waals surface area contributed by atoms with Crippen molar-refractivity contribution in [1.29, 1.82) is 0 Å². The summed E-state index contributed by atoms with van der Waals surface area (Å²) in [5, 5.41) is 0. The summed E-state index contributed by atoms with van der Waals surface area (Å²) in [5.41, 5.74) is 1.56. The summed E-state index contributed by atoms with van der Waals surface area (Å²) in [5.74, 6) is -0.436. The molecule has 0 N–H and O–H groups in total. The molecule has 2 fully saturated rings. The van der Waals surface area contributed by atoms with Crippen LogP contribution in [0.2, 0.25) is 0 Å². The Kier molecular flexibility index (Phi) is 6.39. The Morgan fingerprint density at radius 1 is 0.906 bits per heavy atom. The predicted octanol–water partition coefficient (Wildman–Crippen LogP) is 5.28. The van der Waals surface area contributed by atoms with Crippen LogP contribution in [0.25, 0.3) is 0 Å². The molecule has 0 aliphatic carbocycles. The zero-order valence-corrected chi connectivity index (χ0v) is 17.4. The number of piperidine rings is 1. The molecule has 2 heterocycles. The lowest BCUT2D eigenvalue weighted by molar-refractivity contribution is -0.274. The number of alkyl halides is 3. The van der Waals surface area contributed by atoms with Crippen molar-refractivity contribution in [1.82, 2.24) is 4.90 Å². The molecule has 2 aliphatic rings. The summed E-state index contributed by atoms with van der Waals surface area (Å²) in [6.45, 7) is 0.214. The number of carbonyl (C=O) groups excluding carboxylic acids is 2. The van der Waals surface area contributed by atoms with Crippen LogP contribution in [0.15, 0.2) is 54.6 Å². The number of fused-ring (bicyclic) bond motifs is 2. The van der Waals surface area contributed by atoms with Gasteiger partial charge in [-0.25, -0.2) is 4.79 Å². The Labute approximate surface area is 184 Å². The fraction of sp³-hybridized carbons (Fsp3) is 0.417. The van der Waals surface area contributed by atoms with Crippen molar-refractivity contribution in [2.45, 2.75) is 57.2 Å². The van der Waals surface area contributed by atoms with Crippen molar-refractivity contribution in [2.24, 2.45) is 5.92 Å². The first-order valence-electron chi connectivity index (χ1n) is 10.6. The van der Waals surface area contributed by atoms with E-state index in [1.807, 2.05) is 30.3 Å². The monoisotopic (exact) mass is 447 g/mol. The topological polar surface area (TPSA) is 55.8 Å². The van der Waals surface area contributed by atoms with Crippen molar-refractivity contribution in [3.63, 3.8) is 0 Å². The maximum atomic E-state index is 12.8. The minimum Gasteiger partial charge on any atom is -0.445 e. The molecule has 0 aromatic heterocycles. The Hall–Kier alpha value is -3.03. The van der Waals surface area contributed by atoms with E-state index in [4.69, 9.17) is 4.74 Å². The van der Waals surface area contributed by atoms with Gasteiger partial charge in [-0.2, -0.15) is 0 Å². The van der Waals surface area contributed by atoms with E-state index in [1.54, 1.807) is 4.90 Å². The van der Waals surface area contributed by atoms with Gasteiger partial charge in [0.25, 0.3) is 0 Å². The second-order valence-electron chi connectivity index (χ2n) is 8.34. The number of nitrogens with zero attached hydrogens (tertiary/aromatic N) is 1. The minimum atomic E-state index is -4.74. The third kappa shape index (κ3) is 5.41. The van der Waals surface area contributed by atoms with Gasteiger partial charge in [-0.3, -0.25) is 4.79 Å². The first-order chi connectivity index (χ1) is 15.3. The van der Waals surface area contributed by atoms with E-state index >= 15 is 0 Å². The summed E-state index contributed by atoms with van der Waals surface area (Å²) in [6, 6.07) is 14.8. The average Bonchev–Trinajstić information content (AvgIpc) is 3.02. The maximum absolute atomic E-state index is 12.8. The molecule has 32 heavy (non-hydrogen) atoms. The highest BCUT2D eigenvalue weighted by atomic mass is 19.4. The van der Waals surface area contributed by atoms with Crippen LogP contribution in [-0.2, 0) is 22.6 Å². The van der Waals surface area contributed by atoms with Crippen LogP contribution in [0.3, 0.4) is 0 Å². The maximum Gasteiger partial charge on any atom is 0.573 e. The van der Waals surface area contributed by atoms with E-state index < -0.39 is 6.36 Å². The first kappa shape index (κ1) is 22.2. The number of halogens is 3. The fourth-order valence-corrected chi connectivity index (χ4v) is 4.69.